The van der Waals surface area contributed by atoms with Crippen molar-refractivity contribution in [3.63, 3.8) is 0 Å². The van der Waals surface area contributed by atoms with Crippen molar-refractivity contribution in [3.8, 4) is 5.75 Å². The molecule has 0 aliphatic carbocycles. The van der Waals surface area contributed by atoms with Gasteiger partial charge in [-0.3, -0.25) is 0 Å². The number of nitrogens with zero attached hydrogens (tertiary/aromatic N) is 3. The largest absolute Gasteiger partial charge is 0.497 e. The Morgan fingerprint density at radius 3 is 2.50 bits per heavy atom. The zero-order chi connectivity index (χ0) is 19.3. The van der Waals surface area contributed by atoms with Gasteiger partial charge in [-0.2, -0.15) is 4.68 Å². The van der Waals surface area contributed by atoms with E-state index in [2.05, 4.69) is 45.6 Å². The van der Waals surface area contributed by atoms with Crippen molar-refractivity contribution in [1.82, 2.24) is 9.78 Å². The van der Waals surface area contributed by atoms with Gasteiger partial charge >= 0.3 is 0 Å². The smallest absolute Gasteiger partial charge is 0.209 e. The van der Waals surface area contributed by atoms with Gasteiger partial charge in [0.05, 0.1) is 33.3 Å². The van der Waals surface area contributed by atoms with Gasteiger partial charge in [0.2, 0.25) is 5.13 Å². The lowest BCUT2D eigenvalue weighted by molar-refractivity contribution is -0.924. The Balaban J connectivity index is 1.35. The number of anilines is 3. The molecule has 8 heteroatoms. The molecule has 4 rings (SSSR count). The van der Waals surface area contributed by atoms with E-state index in [0.29, 0.717) is 0 Å². The Hall–Kier alpha value is -2.42. The zero-order valence-electron chi connectivity index (χ0n) is 15.8. The van der Waals surface area contributed by atoms with Crippen molar-refractivity contribution >= 4 is 40.1 Å². The summed E-state index contributed by atoms with van der Waals surface area (Å²) >= 11 is 7.04. The van der Waals surface area contributed by atoms with Crippen LogP contribution in [-0.2, 0) is 6.67 Å². The first kappa shape index (κ1) is 18.9. The second kappa shape index (κ2) is 8.72. The molecule has 0 amide bonds. The van der Waals surface area contributed by atoms with Crippen LogP contribution in [-0.4, -0.2) is 43.1 Å². The molecule has 1 fully saturated rings. The number of para-hydroxylation sites is 1. The minimum atomic E-state index is 0.800. The van der Waals surface area contributed by atoms with Gasteiger partial charge in [0.1, 0.15) is 5.75 Å². The maximum atomic E-state index is 5.53. The Morgan fingerprint density at radius 1 is 1.11 bits per heavy atom. The molecule has 1 aliphatic heterocycles. The predicted octanol–water partition coefficient (Wildman–Crippen LogP) is 2.79. The summed E-state index contributed by atoms with van der Waals surface area (Å²) in [4.78, 5) is 3.95. The topological polar surface area (TPSA) is 46.8 Å². The first-order chi connectivity index (χ1) is 13.7. The van der Waals surface area contributed by atoms with Gasteiger partial charge in [0.25, 0.3) is 0 Å². The number of rotatable bonds is 6. The Bertz CT molecular complexity index is 947. The monoisotopic (exact) mass is 414 g/mol. The maximum Gasteiger partial charge on any atom is 0.209 e. The van der Waals surface area contributed by atoms with Gasteiger partial charge in [0.15, 0.2) is 10.6 Å². The summed E-state index contributed by atoms with van der Waals surface area (Å²) in [6, 6.07) is 18.4. The molecule has 146 valence electrons. The molecule has 2 heterocycles. The molecule has 2 aromatic carbocycles. The lowest BCUT2D eigenvalue weighted by Gasteiger charge is -2.33. The molecule has 0 spiro atoms. The summed E-state index contributed by atoms with van der Waals surface area (Å²) in [5.74, 6) is 0.835. The molecule has 0 unspecified atom stereocenters. The second-order valence-electron chi connectivity index (χ2n) is 6.76. The average Bonchev–Trinajstić information content (AvgIpc) is 3.08. The molecule has 0 atom stereocenters. The van der Waals surface area contributed by atoms with Crippen molar-refractivity contribution in [2.45, 2.75) is 6.67 Å². The number of benzene rings is 2. The minimum Gasteiger partial charge on any atom is -0.497 e. The number of ether oxygens (including phenoxy) is 1. The third kappa shape index (κ3) is 4.52. The average molecular weight is 415 g/mol. The molecule has 1 aromatic heterocycles. The van der Waals surface area contributed by atoms with Crippen LogP contribution in [0.4, 0.5) is 16.5 Å². The minimum absolute atomic E-state index is 0.800. The van der Waals surface area contributed by atoms with Crippen LogP contribution >= 0.6 is 23.6 Å². The van der Waals surface area contributed by atoms with Crippen molar-refractivity contribution in [1.29, 1.82) is 0 Å². The lowest BCUT2D eigenvalue weighted by atomic mass is 10.2. The van der Waals surface area contributed by atoms with Gasteiger partial charge in [-0.25, -0.2) is 0 Å². The Morgan fingerprint density at radius 2 is 1.82 bits per heavy atom. The van der Waals surface area contributed by atoms with Crippen LogP contribution in [0.25, 0.3) is 0 Å². The van der Waals surface area contributed by atoms with Gasteiger partial charge < -0.3 is 19.9 Å². The van der Waals surface area contributed by atoms with Crippen LogP contribution in [0.3, 0.4) is 0 Å². The maximum absolute atomic E-state index is 5.53. The molecule has 0 saturated carbocycles. The molecule has 3 aromatic rings. The fraction of sp³-hybridized carbons (Fsp3) is 0.300. The molecule has 2 N–H and O–H groups in total. The van der Waals surface area contributed by atoms with Crippen LogP contribution in [0, 0.1) is 3.95 Å². The second-order valence-corrected chi connectivity index (χ2v) is 8.38. The number of methoxy groups -OCH3 is 1. The third-order valence-electron chi connectivity index (χ3n) is 4.91. The SMILES string of the molecule is COc1ccc(Nc2nn(C[NH+]3CCN(c4ccccc4)CC3)c(=S)s2)cc1. The number of hydrogen-bond donors (Lipinski definition) is 2. The first-order valence-corrected chi connectivity index (χ1v) is 10.6. The predicted molar refractivity (Wildman–Crippen MR) is 117 cm³/mol. The van der Waals surface area contributed by atoms with Crippen LogP contribution in [0.1, 0.15) is 0 Å². The van der Waals surface area contributed by atoms with Crippen LogP contribution in [0.15, 0.2) is 54.6 Å². The summed E-state index contributed by atoms with van der Waals surface area (Å²) in [7, 11) is 1.66. The van der Waals surface area contributed by atoms with E-state index >= 15 is 0 Å². The van der Waals surface area contributed by atoms with Gasteiger partial charge in [0, 0.05) is 11.4 Å². The highest BCUT2D eigenvalue weighted by Crippen LogP contribution is 2.22. The van der Waals surface area contributed by atoms with E-state index in [0.717, 1.165) is 53.4 Å². The quantitative estimate of drug-likeness (QED) is 0.608. The highest BCUT2D eigenvalue weighted by molar-refractivity contribution is 7.73. The fourth-order valence-corrected chi connectivity index (χ4v) is 4.37. The number of hydrogen-bond acceptors (Lipinski definition) is 6. The van der Waals surface area contributed by atoms with Crippen LogP contribution < -0.4 is 19.9 Å². The van der Waals surface area contributed by atoms with Gasteiger partial charge in [-0.15, -0.1) is 5.10 Å². The van der Waals surface area contributed by atoms with Crippen molar-refractivity contribution in [3.05, 3.63) is 58.6 Å². The molecular formula is C20H24N5OS2+. The summed E-state index contributed by atoms with van der Waals surface area (Å²) in [5, 5.41) is 8.82. The molecule has 6 nitrogen and oxygen atoms in total. The highest BCUT2D eigenvalue weighted by Gasteiger charge is 2.21. The van der Waals surface area contributed by atoms with Gasteiger partial charge in [-0.1, -0.05) is 29.5 Å². The first-order valence-electron chi connectivity index (χ1n) is 9.34. The van der Waals surface area contributed by atoms with Gasteiger partial charge in [-0.05, 0) is 48.6 Å². The van der Waals surface area contributed by atoms with Crippen molar-refractivity contribution in [2.24, 2.45) is 0 Å². The molecule has 1 aliphatic rings. The van der Waals surface area contributed by atoms with Crippen LogP contribution in [0.5, 0.6) is 5.75 Å². The molecule has 1 saturated heterocycles. The van der Waals surface area contributed by atoms with E-state index in [1.165, 1.54) is 21.9 Å². The number of quaternary nitrogens is 1. The van der Waals surface area contributed by atoms with E-state index < -0.39 is 0 Å². The number of piperazine rings is 1. The normalized spacial score (nSPS) is 14.8. The van der Waals surface area contributed by atoms with E-state index in [1.807, 2.05) is 28.9 Å². The Labute approximate surface area is 174 Å². The summed E-state index contributed by atoms with van der Waals surface area (Å²) in [5.41, 5.74) is 2.28. The fourth-order valence-electron chi connectivity index (χ4n) is 3.34. The highest BCUT2D eigenvalue weighted by atomic mass is 32.1. The molecule has 0 radical (unpaired) electrons. The lowest BCUT2D eigenvalue weighted by Crippen LogP contribution is -3.14. The Kier molecular flexibility index (Phi) is 5.90. The zero-order valence-corrected chi connectivity index (χ0v) is 17.4. The number of aromatic nitrogens is 2. The number of nitrogens with one attached hydrogen (secondary N) is 2. The summed E-state index contributed by atoms with van der Waals surface area (Å²) in [6.45, 7) is 5.06. The van der Waals surface area contributed by atoms with E-state index in [-0.39, 0.29) is 0 Å². The third-order valence-corrected chi connectivity index (χ3v) is 6.14. The summed E-state index contributed by atoms with van der Waals surface area (Å²) < 4.78 is 7.94. The molecule has 0 bridgehead atoms. The standard InChI is InChI=1S/C20H23N5OS2/c1-26-18-9-7-16(8-10-18)21-19-22-25(20(27)28-19)15-23-11-13-24(14-12-23)17-5-3-2-4-6-17/h2-10H,11-15H2,1H3,(H,21,22)/p+1. The van der Waals surface area contributed by atoms with Crippen LogP contribution in [0.2, 0.25) is 0 Å². The molecule has 28 heavy (non-hydrogen) atoms. The molecular weight excluding hydrogens is 390 g/mol. The van der Waals surface area contributed by atoms with E-state index in [1.54, 1.807) is 7.11 Å². The van der Waals surface area contributed by atoms with E-state index in [9.17, 15) is 0 Å². The van der Waals surface area contributed by atoms with E-state index in [4.69, 9.17) is 17.0 Å². The summed E-state index contributed by atoms with van der Waals surface area (Å²) in [6.07, 6.45) is 0. The van der Waals surface area contributed by atoms with Crippen molar-refractivity contribution in [2.75, 3.05) is 43.5 Å². The van der Waals surface area contributed by atoms with Crippen molar-refractivity contribution < 1.29 is 9.64 Å².